The maximum absolute atomic E-state index is 5.61. The standard InChI is InChI=1S/C14H22N4O/c1-10(2)19-9-11(16-15)8-13-12-6-4-5-7-14(12)18(3)17-13/h4-7,10-11,16H,8-9,15H2,1-3H3. The average molecular weight is 262 g/mol. The third-order valence-corrected chi connectivity index (χ3v) is 3.14. The van der Waals surface area contributed by atoms with Gasteiger partial charge in [-0.15, -0.1) is 0 Å². The highest BCUT2D eigenvalue weighted by Crippen LogP contribution is 2.18. The van der Waals surface area contributed by atoms with Gasteiger partial charge in [-0.05, 0) is 19.9 Å². The maximum atomic E-state index is 5.61. The van der Waals surface area contributed by atoms with Gasteiger partial charge in [-0.2, -0.15) is 5.10 Å². The molecule has 3 N–H and O–H groups in total. The van der Waals surface area contributed by atoms with Crippen molar-refractivity contribution < 1.29 is 4.74 Å². The minimum atomic E-state index is 0.0701. The minimum Gasteiger partial charge on any atom is -0.377 e. The molecule has 2 aromatic rings. The van der Waals surface area contributed by atoms with Gasteiger partial charge in [-0.25, -0.2) is 0 Å². The summed E-state index contributed by atoms with van der Waals surface area (Å²) in [7, 11) is 1.96. The molecular weight excluding hydrogens is 240 g/mol. The SMILES string of the molecule is CC(C)OCC(Cc1nn(C)c2ccccc12)NN. The highest BCUT2D eigenvalue weighted by Gasteiger charge is 2.14. The highest BCUT2D eigenvalue weighted by atomic mass is 16.5. The predicted octanol–water partition coefficient (Wildman–Crippen LogP) is 1.37. The minimum absolute atomic E-state index is 0.0701. The Morgan fingerprint density at radius 2 is 2.11 bits per heavy atom. The quantitative estimate of drug-likeness (QED) is 0.609. The molecule has 1 aromatic carbocycles. The number of hydrazine groups is 1. The maximum Gasteiger partial charge on any atom is 0.0720 e. The van der Waals surface area contributed by atoms with E-state index in [4.69, 9.17) is 10.6 Å². The first-order valence-corrected chi connectivity index (χ1v) is 6.60. The molecule has 5 nitrogen and oxygen atoms in total. The van der Waals surface area contributed by atoms with Gasteiger partial charge in [0.25, 0.3) is 0 Å². The van der Waals surface area contributed by atoms with Crippen LogP contribution in [0.3, 0.4) is 0 Å². The fourth-order valence-corrected chi connectivity index (χ4v) is 2.15. The van der Waals surface area contributed by atoms with E-state index in [1.165, 1.54) is 5.39 Å². The largest absolute Gasteiger partial charge is 0.377 e. The lowest BCUT2D eigenvalue weighted by atomic mass is 10.1. The van der Waals surface area contributed by atoms with Crippen LogP contribution in [0.2, 0.25) is 0 Å². The first-order chi connectivity index (χ1) is 9.11. The summed E-state index contributed by atoms with van der Waals surface area (Å²) in [6.07, 6.45) is 0.959. The number of aryl methyl sites for hydroxylation is 1. The molecule has 0 radical (unpaired) electrons. The van der Waals surface area contributed by atoms with Crippen LogP contribution >= 0.6 is 0 Å². The first kappa shape index (κ1) is 14.0. The number of nitrogens with one attached hydrogen (secondary N) is 1. The van der Waals surface area contributed by atoms with Crippen molar-refractivity contribution in [2.24, 2.45) is 12.9 Å². The van der Waals surface area contributed by atoms with E-state index in [0.717, 1.165) is 17.6 Å². The van der Waals surface area contributed by atoms with Gasteiger partial charge in [0.1, 0.15) is 0 Å². The summed E-state index contributed by atoms with van der Waals surface area (Å²) in [5.74, 6) is 5.59. The summed E-state index contributed by atoms with van der Waals surface area (Å²) < 4.78 is 7.51. The third-order valence-electron chi connectivity index (χ3n) is 3.14. The number of hydrogen-bond acceptors (Lipinski definition) is 4. The molecule has 1 unspecified atom stereocenters. The Morgan fingerprint density at radius 3 is 2.79 bits per heavy atom. The van der Waals surface area contributed by atoms with Crippen molar-refractivity contribution in [3.63, 3.8) is 0 Å². The van der Waals surface area contributed by atoms with Gasteiger partial charge < -0.3 is 4.74 Å². The fourth-order valence-electron chi connectivity index (χ4n) is 2.15. The summed E-state index contributed by atoms with van der Waals surface area (Å²) in [4.78, 5) is 0. The number of ether oxygens (including phenoxy) is 1. The van der Waals surface area contributed by atoms with E-state index in [9.17, 15) is 0 Å². The molecule has 0 saturated heterocycles. The Morgan fingerprint density at radius 1 is 1.37 bits per heavy atom. The molecule has 0 spiro atoms. The number of nitrogens with zero attached hydrogens (tertiary/aromatic N) is 2. The first-order valence-electron chi connectivity index (χ1n) is 6.60. The van der Waals surface area contributed by atoms with Gasteiger partial charge in [0, 0.05) is 18.9 Å². The van der Waals surface area contributed by atoms with Crippen molar-refractivity contribution in [1.82, 2.24) is 15.2 Å². The Kier molecular flexibility index (Phi) is 4.52. The second kappa shape index (κ2) is 6.14. The summed E-state index contributed by atoms with van der Waals surface area (Å²) in [5, 5.41) is 5.75. The summed E-state index contributed by atoms with van der Waals surface area (Å²) in [6, 6.07) is 8.29. The van der Waals surface area contributed by atoms with Gasteiger partial charge in [0.2, 0.25) is 0 Å². The van der Waals surface area contributed by atoms with Crippen LogP contribution in [0.25, 0.3) is 10.9 Å². The van der Waals surface area contributed by atoms with Gasteiger partial charge in [0.15, 0.2) is 0 Å². The van der Waals surface area contributed by atoms with Crippen LogP contribution in [-0.2, 0) is 18.2 Å². The molecule has 104 valence electrons. The van der Waals surface area contributed by atoms with E-state index < -0.39 is 0 Å². The normalized spacial score (nSPS) is 13.3. The zero-order chi connectivity index (χ0) is 13.8. The lowest BCUT2D eigenvalue weighted by Crippen LogP contribution is -2.41. The van der Waals surface area contributed by atoms with E-state index in [0.29, 0.717) is 6.61 Å². The van der Waals surface area contributed by atoms with Crippen LogP contribution in [0.5, 0.6) is 0 Å². The third kappa shape index (κ3) is 3.32. The van der Waals surface area contributed by atoms with Gasteiger partial charge >= 0.3 is 0 Å². The molecular formula is C14H22N4O. The average Bonchev–Trinajstić information content (AvgIpc) is 2.72. The monoisotopic (exact) mass is 262 g/mol. The second-order valence-corrected chi connectivity index (χ2v) is 5.04. The molecule has 0 fully saturated rings. The van der Waals surface area contributed by atoms with Crippen LogP contribution in [0.1, 0.15) is 19.5 Å². The lowest BCUT2D eigenvalue weighted by Gasteiger charge is -2.16. The van der Waals surface area contributed by atoms with E-state index in [1.807, 2.05) is 37.7 Å². The number of benzene rings is 1. The van der Waals surface area contributed by atoms with Crippen LogP contribution in [0, 0.1) is 0 Å². The van der Waals surface area contributed by atoms with Crippen LogP contribution in [0.15, 0.2) is 24.3 Å². The van der Waals surface area contributed by atoms with Gasteiger partial charge in [0.05, 0.1) is 30.0 Å². The Hall–Kier alpha value is -1.43. The molecule has 0 bridgehead atoms. The summed E-state index contributed by atoms with van der Waals surface area (Å²) >= 11 is 0. The molecule has 19 heavy (non-hydrogen) atoms. The van der Waals surface area contributed by atoms with Crippen molar-refractivity contribution in [3.8, 4) is 0 Å². The molecule has 0 aliphatic heterocycles. The smallest absolute Gasteiger partial charge is 0.0720 e. The fraction of sp³-hybridized carbons (Fsp3) is 0.500. The van der Waals surface area contributed by atoms with Crippen molar-refractivity contribution in [3.05, 3.63) is 30.0 Å². The van der Waals surface area contributed by atoms with E-state index >= 15 is 0 Å². The molecule has 2 rings (SSSR count). The molecule has 0 aliphatic carbocycles. The Labute approximate surface area is 113 Å². The number of hydrogen-bond donors (Lipinski definition) is 2. The molecule has 0 aliphatic rings. The predicted molar refractivity (Wildman–Crippen MR) is 76.6 cm³/mol. The zero-order valence-corrected chi connectivity index (χ0v) is 11.8. The van der Waals surface area contributed by atoms with Gasteiger partial charge in [-0.3, -0.25) is 16.0 Å². The van der Waals surface area contributed by atoms with E-state index in [1.54, 1.807) is 0 Å². The van der Waals surface area contributed by atoms with Crippen LogP contribution < -0.4 is 11.3 Å². The number of nitrogens with two attached hydrogens (primary N) is 1. The lowest BCUT2D eigenvalue weighted by molar-refractivity contribution is 0.0611. The van der Waals surface area contributed by atoms with Crippen LogP contribution in [0.4, 0.5) is 0 Å². The molecule has 1 heterocycles. The molecule has 0 amide bonds. The number of rotatable bonds is 6. The van der Waals surface area contributed by atoms with Crippen molar-refractivity contribution in [2.45, 2.75) is 32.4 Å². The van der Waals surface area contributed by atoms with Crippen molar-refractivity contribution >= 4 is 10.9 Å². The number of aromatic nitrogens is 2. The van der Waals surface area contributed by atoms with Crippen LogP contribution in [-0.4, -0.2) is 28.5 Å². The highest BCUT2D eigenvalue weighted by molar-refractivity contribution is 5.81. The Balaban J connectivity index is 2.15. The topological polar surface area (TPSA) is 65.1 Å². The molecule has 1 atom stereocenters. The number of fused-ring (bicyclic) bond motifs is 1. The van der Waals surface area contributed by atoms with E-state index in [2.05, 4.69) is 22.7 Å². The second-order valence-electron chi connectivity index (χ2n) is 5.04. The Bertz CT molecular complexity index is 535. The van der Waals surface area contributed by atoms with Crippen molar-refractivity contribution in [1.29, 1.82) is 0 Å². The summed E-state index contributed by atoms with van der Waals surface area (Å²) in [5.41, 5.74) is 4.99. The molecule has 0 saturated carbocycles. The summed E-state index contributed by atoms with van der Waals surface area (Å²) in [6.45, 7) is 4.62. The van der Waals surface area contributed by atoms with Crippen molar-refractivity contribution in [2.75, 3.05) is 6.61 Å². The number of para-hydroxylation sites is 1. The zero-order valence-electron chi connectivity index (χ0n) is 11.8. The van der Waals surface area contributed by atoms with Gasteiger partial charge in [-0.1, -0.05) is 18.2 Å². The molecule has 1 aromatic heterocycles. The van der Waals surface area contributed by atoms with E-state index in [-0.39, 0.29) is 12.1 Å². The molecule has 5 heteroatoms.